The SMILES string of the molecule is Cn1cnnc1COc1cccc2c1CCCC2=O. The zero-order valence-corrected chi connectivity index (χ0v) is 10.8. The Bertz CT molecular complexity index is 619. The molecule has 1 aromatic heterocycles. The van der Waals surface area contributed by atoms with Gasteiger partial charge in [0.25, 0.3) is 0 Å². The summed E-state index contributed by atoms with van der Waals surface area (Å²) < 4.78 is 7.62. The normalized spacial score (nSPS) is 14.3. The summed E-state index contributed by atoms with van der Waals surface area (Å²) in [6.45, 7) is 0.362. The molecule has 0 aliphatic heterocycles. The molecule has 0 unspecified atom stereocenters. The molecule has 19 heavy (non-hydrogen) atoms. The number of carbonyl (C=O) groups is 1. The van der Waals surface area contributed by atoms with Crippen LogP contribution >= 0.6 is 0 Å². The fraction of sp³-hybridized carbons (Fsp3) is 0.357. The molecular formula is C14H15N3O2. The van der Waals surface area contributed by atoms with Gasteiger partial charge in [0.1, 0.15) is 18.7 Å². The number of carbonyl (C=O) groups excluding carboxylic acids is 1. The van der Waals surface area contributed by atoms with Gasteiger partial charge in [-0.25, -0.2) is 0 Å². The second-order valence-electron chi connectivity index (χ2n) is 4.71. The first-order valence-corrected chi connectivity index (χ1v) is 6.36. The standard InChI is InChI=1S/C14H15N3O2/c1-17-9-15-16-14(17)8-19-13-7-3-4-10-11(13)5-2-6-12(10)18/h3-4,7,9H,2,5-6,8H2,1H3. The van der Waals surface area contributed by atoms with E-state index in [-0.39, 0.29) is 5.78 Å². The van der Waals surface area contributed by atoms with Crippen LogP contribution in [0.1, 0.15) is 34.6 Å². The Hall–Kier alpha value is -2.17. The van der Waals surface area contributed by atoms with Crippen molar-refractivity contribution in [1.82, 2.24) is 14.8 Å². The third-order valence-corrected chi connectivity index (χ3v) is 3.43. The van der Waals surface area contributed by atoms with Crippen LogP contribution in [-0.2, 0) is 20.1 Å². The summed E-state index contributed by atoms with van der Waals surface area (Å²) in [5, 5.41) is 7.79. The summed E-state index contributed by atoms with van der Waals surface area (Å²) in [6, 6.07) is 5.66. The predicted molar refractivity (Wildman–Crippen MR) is 69.0 cm³/mol. The molecule has 0 amide bonds. The Morgan fingerprint density at radius 2 is 2.26 bits per heavy atom. The van der Waals surface area contributed by atoms with Crippen LogP contribution in [0.3, 0.4) is 0 Å². The van der Waals surface area contributed by atoms with Gasteiger partial charge in [0, 0.05) is 24.6 Å². The summed E-state index contributed by atoms with van der Waals surface area (Å²) in [5.41, 5.74) is 1.84. The van der Waals surface area contributed by atoms with Gasteiger partial charge < -0.3 is 9.30 Å². The lowest BCUT2D eigenvalue weighted by Gasteiger charge is -2.18. The van der Waals surface area contributed by atoms with Crippen LogP contribution in [0, 0.1) is 0 Å². The average Bonchev–Trinajstić information content (AvgIpc) is 2.82. The molecule has 0 saturated carbocycles. The van der Waals surface area contributed by atoms with Crippen LogP contribution in [0.15, 0.2) is 24.5 Å². The lowest BCUT2D eigenvalue weighted by atomic mass is 9.90. The molecule has 2 aromatic rings. The van der Waals surface area contributed by atoms with E-state index in [0.717, 1.165) is 35.5 Å². The summed E-state index contributed by atoms with van der Waals surface area (Å²) in [5.74, 6) is 1.76. The van der Waals surface area contributed by atoms with Crippen molar-refractivity contribution in [2.45, 2.75) is 25.9 Å². The highest BCUT2D eigenvalue weighted by molar-refractivity contribution is 5.99. The molecule has 1 aliphatic carbocycles. The Labute approximate surface area is 111 Å². The molecule has 0 N–H and O–H groups in total. The fourth-order valence-electron chi connectivity index (χ4n) is 2.36. The number of rotatable bonds is 3. The maximum atomic E-state index is 11.8. The number of ketones is 1. The van der Waals surface area contributed by atoms with Gasteiger partial charge in [-0.05, 0) is 18.9 Å². The lowest BCUT2D eigenvalue weighted by molar-refractivity contribution is 0.0971. The van der Waals surface area contributed by atoms with E-state index in [1.807, 2.05) is 29.8 Å². The minimum atomic E-state index is 0.213. The highest BCUT2D eigenvalue weighted by atomic mass is 16.5. The zero-order chi connectivity index (χ0) is 13.2. The molecule has 1 aromatic carbocycles. The second-order valence-corrected chi connectivity index (χ2v) is 4.71. The van der Waals surface area contributed by atoms with Crippen molar-refractivity contribution in [1.29, 1.82) is 0 Å². The fourth-order valence-corrected chi connectivity index (χ4v) is 2.36. The topological polar surface area (TPSA) is 57.0 Å². The van der Waals surface area contributed by atoms with Gasteiger partial charge in [-0.15, -0.1) is 10.2 Å². The molecule has 0 saturated heterocycles. The van der Waals surface area contributed by atoms with Crippen LogP contribution < -0.4 is 4.74 Å². The van der Waals surface area contributed by atoms with Crippen molar-refractivity contribution < 1.29 is 9.53 Å². The van der Waals surface area contributed by atoms with Gasteiger partial charge in [0.2, 0.25) is 0 Å². The smallest absolute Gasteiger partial charge is 0.170 e. The molecule has 0 radical (unpaired) electrons. The Morgan fingerprint density at radius 3 is 3.05 bits per heavy atom. The first kappa shape index (κ1) is 11.9. The molecule has 0 spiro atoms. The van der Waals surface area contributed by atoms with E-state index >= 15 is 0 Å². The van der Waals surface area contributed by atoms with Crippen molar-refractivity contribution in [2.24, 2.45) is 7.05 Å². The molecular weight excluding hydrogens is 242 g/mol. The monoisotopic (exact) mass is 257 g/mol. The van der Waals surface area contributed by atoms with E-state index in [9.17, 15) is 4.79 Å². The van der Waals surface area contributed by atoms with E-state index in [0.29, 0.717) is 13.0 Å². The van der Waals surface area contributed by atoms with Gasteiger partial charge in [-0.2, -0.15) is 0 Å². The summed E-state index contributed by atoms with van der Waals surface area (Å²) in [6.07, 6.45) is 4.08. The van der Waals surface area contributed by atoms with E-state index in [2.05, 4.69) is 10.2 Å². The first-order chi connectivity index (χ1) is 9.25. The van der Waals surface area contributed by atoms with Gasteiger partial charge in [-0.1, -0.05) is 12.1 Å². The third kappa shape index (κ3) is 2.23. The van der Waals surface area contributed by atoms with Crippen LogP contribution in [0.25, 0.3) is 0 Å². The maximum Gasteiger partial charge on any atom is 0.170 e. The van der Waals surface area contributed by atoms with Crippen molar-refractivity contribution in [3.8, 4) is 5.75 Å². The molecule has 1 aliphatic rings. The molecule has 0 bridgehead atoms. The van der Waals surface area contributed by atoms with Gasteiger partial charge in [0.15, 0.2) is 11.6 Å². The molecule has 5 nitrogen and oxygen atoms in total. The quantitative estimate of drug-likeness (QED) is 0.842. The first-order valence-electron chi connectivity index (χ1n) is 6.36. The molecule has 0 atom stereocenters. The minimum absolute atomic E-state index is 0.213. The van der Waals surface area contributed by atoms with E-state index in [1.54, 1.807) is 6.33 Å². The van der Waals surface area contributed by atoms with Crippen LogP contribution in [0.5, 0.6) is 5.75 Å². The van der Waals surface area contributed by atoms with Crippen molar-refractivity contribution in [3.63, 3.8) is 0 Å². The third-order valence-electron chi connectivity index (χ3n) is 3.43. The Balaban J connectivity index is 1.84. The van der Waals surface area contributed by atoms with E-state index in [4.69, 9.17) is 4.74 Å². The minimum Gasteiger partial charge on any atom is -0.485 e. The van der Waals surface area contributed by atoms with Crippen LogP contribution in [0.2, 0.25) is 0 Å². The predicted octanol–water partition coefficient (Wildman–Crippen LogP) is 1.91. The number of aromatic nitrogens is 3. The Kier molecular flexibility index (Phi) is 3.03. The number of Topliss-reactive ketones (excluding diaryl/α,β-unsaturated/α-hetero) is 1. The molecule has 3 rings (SSSR count). The van der Waals surface area contributed by atoms with Crippen LogP contribution in [0.4, 0.5) is 0 Å². The van der Waals surface area contributed by atoms with Crippen LogP contribution in [-0.4, -0.2) is 20.5 Å². The number of nitrogens with zero attached hydrogens (tertiary/aromatic N) is 3. The number of benzene rings is 1. The number of aryl methyl sites for hydroxylation is 1. The largest absolute Gasteiger partial charge is 0.485 e. The summed E-state index contributed by atoms with van der Waals surface area (Å²) in [7, 11) is 1.88. The lowest BCUT2D eigenvalue weighted by Crippen LogP contribution is -2.13. The zero-order valence-electron chi connectivity index (χ0n) is 10.8. The summed E-state index contributed by atoms with van der Waals surface area (Å²) >= 11 is 0. The average molecular weight is 257 g/mol. The number of fused-ring (bicyclic) bond motifs is 1. The van der Waals surface area contributed by atoms with E-state index in [1.165, 1.54) is 0 Å². The van der Waals surface area contributed by atoms with E-state index < -0.39 is 0 Å². The maximum absolute atomic E-state index is 11.8. The summed E-state index contributed by atoms with van der Waals surface area (Å²) in [4.78, 5) is 11.8. The molecule has 98 valence electrons. The van der Waals surface area contributed by atoms with Crippen molar-refractivity contribution in [3.05, 3.63) is 41.5 Å². The Morgan fingerprint density at radius 1 is 1.37 bits per heavy atom. The number of hydrogen-bond donors (Lipinski definition) is 0. The van der Waals surface area contributed by atoms with Gasteiger partial charge in [-0.3, -0.25) is 4.79 Å². The van der Waals surface area contributed by atoms with Gasteiger partial charge >= 0.3 is 0 Å². The number of hydrogen-bond acceptors (Lipinski definition) is 4. The molecule has 0 fully saturated rings. The van der Waals surface area contributed by atoms with Crippen molar-refractivity contribution in [2.75, 3.05) is 0 Å². The second kappa shape index (κ2) is 4.84. The van der Waals surface area contributed by atoms with Crippen molar-refractivity contribution >= 4 is 5.78 Å². The number of ether oxygens (including phenoxy) is 1. The molecule has 1 heterocycles. The van der Waals surface area contributed by atoms with Gasteiger partial charge in [0.05, 0.1) is 0 Å². The highest BCUT2D eigenvalue weighted by Gasteiger charge is 2.20. The highest BCUT2D eigenvalue weighted by Crippen LogP contribution is 2.29. The molecule has 5 heteroatoms.